The normalized spacial score (nSPS) is 10.3. The summed E-state index contributed by atoms with van der Waals surface area (Å²) in [6.07, 6.45) is 3.85. The molecular weight excluding hydrogens is 186 g/mol. The van der Waals surface area contributed by atoms with Crippen molar-refractivity contribution in [2.75, 3.05) is 24.7 Å². The number of anilines is 2. The zero-order valence-corrected chi connectivity index (χ0v) is 8.99. The number of nitrogens with two attached hydrogens (primary N) is 1. The van der Waals surface area contributed by atoms with E-state index in [2.05, 4.69) is 16.0 Å². The molecule has 3 N–H and O–H groups in total. The first-order chi connectivity index (χ1) is 7.18. The lowest BCUT2D eigenvalue weighted by Gasteiger charge is -2.14. The van der Waals surface area contributed by atoms with Crippen molar-refractivity contribution in [3.05, 3.63) is 36.7 Å². The first kappa shape index (κ1) is 9.65. The molecule has 15 heavy (non-hydrogen) atoms. The Balaban J connectivity index is 2.51. The van der Waals surface area contributed by atoms with E-state index in [1.54, 1.807) is 0 Å². The second-order valence-electron chi connectivity index (χ2n) is 3.77. The molecule has 0 unspecified atom stereocenters. The molecule has 0 aliphatic rings. The van der Waals surface area contributed by atoms with E-state index in [-0.39, 0.29) is 0 Å². The maximum atomic E-state index is 5.95. The van der Waals surface area contributed by atoms with Crippen LogP contribution in [-0.4, -0.2) is 19.1 Å². The SMILES string of the molecule is CN(C)c1ccc(N)c(-c2cc[nH]c2)c1. The topological polar surface area (TPSA) is 45.0 Å². The van der Waals surface area contributed by atoms with Gasteiger partial charge < -0.3 is 15.6 Å². The molecule has 0 aliphatic heterocycles. The van der Waals surface area contributed by atoms with E-state index < -0.39 is 0 Å². The number of nitrogen functional groups attached to an aromatic ring is 1. The smallest absolute Gasteiger partial charge is 0.0395 e. The van der Waals surface area contributed by atoms with Gasteiger partial charge in [-0.2, -0.15) is 0 Å². The van der Waals surface area contributed by atoms with Gasteiger partial charge in [0.05, 0.1) is 0 Å². The molecule has 0 bridgehead atoms. The average Bonchev–Trinajstić information content (AvgIpc) is 2.71. The number of nitrogens with one attached hydrogen (secondary N) is 1. The van der Waals surface area contributed by atoms with Gasteiger partial charge in [-0.15, -0.1) is 0 Å². The molecule has 0 aliphatic carbocycles. The van der Waals surface area contributed by atoms with E-state index in [1.165, 1.54) is 0 Å². The molecule has 0 fully saturated rings. The van der Waals surface area contributed by atoms with Crippen LogP contribution < -0.4 is 10.6 Å². The van der Waals surface area contributed by atoms with Gasteiger partial charge in [0.15, 0.2) is 0 Å². The van der Waals surface area contributed by atoms with Crippen LogP contribution in [0.2, 0.25) is 0 Å². The molecule has 0 atom stereocenters. The number of H-pyrrole nitrogens is 1. The molecule has 1 aromatic carbocycles. The van der Waals surface area contributed by atoms with Crippen molar-refractivity contribution < 1.29 is 0 Å². The van der Waals surface area contributed by atoms with Gasteiger partial charge in [-0.1, -0.05) is 0 Å². The van der Waals surface area contributed by atoms with Crippen LogP contribution in [0.15, 0.2) is 36.7 Å². The molecule has 1 heterocycles. The second-order valence-corrected chi connectivity index (χ2v) is 3.77. The van der Waals surface area contributed by atoms with E-state index in [4.69, 9.17) is 5.73 Å². The summed E-state index contributed by atoms with van der Waals surface area (Å²) < 4.78 is 0. The van der Waals surface area contributed by atoms with Crippen LogP contribution in [0.3, 0.4) is 0 Å². The summed E-state index contributed by atoms with van der Waals surface area (Å²) in [5, 5.41) is 0. The average molecular weight is 201 g/mol. The Bertz CT molecular complexity index is 444. The number of hydrogen-bond acceptors (Lipinski definition) is 2. The van der Waals surface area contributed by atoms with Crippen LogP contribution in [0, 0.1) is 0 Å². The Hall–Kier alpha value is -1.90. The Labute approximate surface area is 89.5 Å². The Morgan fingerprint density at radius 3 is 2.60 bits per heavy atom. The van der Waals surface area contributed by atoms with Gasteiger partial charge >= 0.3 is 0 Å². The largest absolute Gasteiger partial charge is 0.398 e. The third kappa shape index (κ3) is 1.81. The van der Waals surface area contributed by atoms with Crippen molar-refractivity contribution in [1.82, 2.24) is 4.98 Å². The van der Waals surface area contributed by atoms with Gasteiger partial charge in [0.1, 0.15) is 0 Å². The lowest BCUT2D eigenvalue weighted by atomic mass is 10.1. The third-order valence-electron chi connectivity index (χ3n) is 2.46. The molecule has 3 heteroatoms. The van der Waals surface area contributed by atoms with Crippen LogP contribution >= 0.6 is 0 Å². The highest BCUT2D eigenvalue weighted by Crippen LogP contribution is 2.29. The molecule has 78 valence electrons. The highest BCUT2D eigenvalue weighted by molar-refractivity contribution is 5.79. The molecule has 0 saturated carbocycles. The first-order valence-corrected chi connectivity index (χ1v) is 4.88. The lowest BCUT2D eigenvalue weighted by Crippen LogP contribution is -2.08. The van der Waals surface area contributed by atoms with E-state index in [9.17, 15) is 0 Å². The van der Waals surface area contributed by atoms with Crippen LogP contribution in [-0.2, 0) is 0 Å². The maximum absolute atomic E-state index is 5.95. The Morgan fingerprint density at radius 2 is 2.00 bits per heavy atom. The summed E-state index contributed by atoms with van der Waals surface area (Å²) in [5.41, 5.74) is 10.1. The first-order valence-electron chi connectivity index (χ1n) is 4.88. The molecule has 0 spiro atoms. The zero-order chi connectivity index (χ0) is 10.8. The minimum Gasteiger partial charge on any atom is -0.398 e. The highest BCUT2D eigenvalue weighted by atomic mass is 15.1. The summed E-state index contributed by atoms with van der Waals surface area (Å²) in [6.45, 7) is 0. The van der Waals surface area contributed by atoms with E-state index in [0.717, 1.165) is 22.5 Å². The lowest BCUT2D eigenvalue weighted by molar-refractivity contribution is 1.13. The Kier molecular flexibility index (Phi) is 2.37. The summed E-state index contributed by atoms with van der Waals surface area (Å²) in [6, 6.07) is 8.08. The van der Waals surface area contributed by atoms with Crippen LogP contribution in [0.4, 0.5) is 11.4 Å². The quantitative estimate of drug-likeness (QED) is 0.732. The van der Waals surface area contributed by atoms with Gasteiger partial charge in [-0.05, 0) is 24.3 Å². The van der Waals surface area contributed by atoms with E-state index in [0.29, 0.717) is 0 Å². The monoisotopic (exact) mass is 201 g/mol. The van der Waals surface area contributed by atoms with Crippen molar-refractivity contribution in [1.29, 1.82) is 0 Å². The fraction of sp³-hybridized carbons (Fsp3) is 0.167. The highest BCUT2D eigenvalue weighted by Gasteiger charge is 2.05. The molecule has 0 saturated heterocycles. The van der Waals surface area contributed by atoms with Crippen molar-refractivity contribution >= 4 is 11.4 Å². The number of hydrogen-bond donors (Lipinski definition) is 2. The number of benzene rings is 1. The van der Waals surface area contributed by atoms with Crippen molar-refractivity contribution in [2.24, 2.45) is 0 Å². The summed E-state index contributed by atoms with van der Waals surface area (Å²) >= 11 is 0. The molecular formula is C12H15N3. The molecule has 2 aromatic rings. The van der Waals surface area contributed by atoms with Gasteiger partial charge in [-0.25, -0.2) is 0 Å². The molecule has 2 rings (SSSR count). The fourth-order valence-electron chi connectivity index (χ4n) is 1.56. The van der Waals surface area contributed by atoms with Gasteiger partial charge in [0, 0.05) is 49.0 Å². The summed E-state index contributed by atoms with van der Waals surface area (Å²) in [7, 11) is 4.04. The van der Waals surface area contributed by atoms with Crippen molar-refractivity contribution in [2.45, 2.75) is 0 Å². The summed E-state index contributed by atoms with van der Waals surface area (Å²) in [5.74, 6) is 0. The van der Waals surface area contributed by atoms with Crippen LogP contribution in [0.25, 0.3) is 11.1 Å². The predicted molar refractivity (Wildman–Crippen MR) is 65.0 cm³/mol. The van der Waals surface area contributed by atoms with E-state index in [1.807, 2.05) is 44.7 Å². The fourth-order valence-corrected chi connectivity index (χ4v) is 1.56. The molecule has 0 amide bonds. The zero-order valence-electron chi connectivity index (χ0n) is 8.99. The van der Waals surface area contributed by atoms with E-state index >= 15 is 0 Å². The maximum Gasteiger partial charge on any atom is 0.0395 e. The van der Waals surface area contributed by atoms with Crippen molar-refractivity contribution in [3.8, 4) is 11.1 Å². The van der Waals surface area contributed by atoms with Gasteiger partial charge in [-0.3, -0.25) is 0 Å². The third-order valence-corrected chi connectivity index (χ3v) is 2.46. The number of rotatable bonds is 2. The standard InChI is InChI=1S/C12H15N3/c1-15(2)10-3-4-12(13)11(7-10)9-5-6-14-8-9/h3-8,14H,13H2,1-2H3. The molecule has 3 nitrogen and oxygen atoms in total. The van der Waals surface area contributed by atoms with Gasteiger partial charge in [0.25, 0.3) is 0 Å². The Morgan fingerprint density at radius 1 is 1.20 bits per heavy atom. The summed E-state index contributed by atoms with van der Waals surface area (Å²) in [4.78, 5) is 5.10. The van der Waals surface area contributed by atoms with Crippen molar-refractivity contribution in [3.63, 3.8) is 0 Å². The minimum absolute atomic E-state index is 0.806. The number of nitrogens with zero attached hydrogens (tertiary/aromatic N) is 1. The second kappa shape index (κ2) is 3.69. The van der Waals surface area contributed by atoms with Crippen LogP contribution in [0.5, 0.6) is 0 Å². The number of aromatic nitrogens is 1. The van der Waals surface area contributed by atoms with Crippen LogP contribution in [0.1, 0.15) is 0 Å². The molecule has 0 radical (unpaired) electrons. The minimum atomic E-state index is 0.806. The molecule has 1 aromatic heterocycles. The number of aromatic amines is 1. The van der Waals surface area contributed by atoms with Gasteiger partial charge in [0.2, 0.25) is 0 Å². The predicted octanol–water partition coefficient (Wildman–Crippen LogP) is 2.33.